The fraction of sp³-hybridized carbons (Fsp3) is 0.292. The number of hydrogen-bond acceptors (Lipinski definition) is 3. The number of nitrogens with zero attached hydrogens (tertiary/aromatic N) is 1. The van der Waals surface area contributed by atoms with Gasteiger partial charge < -0.3 is 5.32 Å². The number of carbonyl (C=O) groups excluding carboxylic acids is 3. The van der Waals surface area contributed by atoms with Crippen LogP contribution in [0.15, 0.2) is 65.2 Å². The van der Waals surface area contributed by atoms with E-state index in [4.69, 9.17) is 0 Å². The molecule has 0 spiro atoms. The third-order valence-corrected chi connectivity index (χ3v) is 7.11. The molecule has 2 fully saturated rings. The number of imide groups is 1. The molecule has 7 heteroatoms. The second kappa shape index (κ2) is 7.71. The minimum absolute atomic E-state index is 0.0851. The number of benzene rings is 2. The number of rotatable bonds is 5. The van der Waals surface area contributed by atoms with E-state index < -0.39 is 11.9 Å². The molecule has 1 heterocycles. The van der Waals surface area contributed by atoms with Gasteiger partial charge in [0, 0.05) is 10.2 Å². The van der Waals surface area contributed by atoms with Gasteiger partial charge in [-0.05, 0) is 60.2 Å². The van der Waals surface area contributed by atoms with Crippen LogP contribution >= 0.6 is 15.9 Å². The lowest BCUT2D eigenvalue weighted by atomic mass is 9.85. The lowest BCUT2D eigenvalue weighted by molar-refractivity contribution is -0.144. The molecule has 5 nitrogen and oxygen atoms in total. The summed E-state index contributed by atoms with van der Waals surface area (Å²) in [6.45, 7) is 0. The lowest BCUT2D eigenvalue weighted by Gasteiger charge is -2.28. The van der Waals surface area contributed by atoms with Crippen LogP contribution in [0.2, 0.25) is 0 Å². The highest BCUT2D eigenvalue weighted by molar-refractivity contribution is 9.10. The average molecular weight is 483 g/mol. The zero-order valence-electron chi connectivity index (χ0n) is 16.5. The summed E-state index contributed by atoms with van der Waals surface area (Å²) in [5, 5.41) is 2.82. The Kier molecular flexibility index (Phi) is 5.01. The van der Waals surface area contributed by atoms with Gasteiger partial charge >= 0.3 is 0 Å². The molecule has 1 aliphatic heterocycles. The molecule has 5 rings (SSSR count). The van der Waals surface area contributed by atoms with E-state index >= 15 is 0 Å². The van der Waals surface area contributed by atoms with Crippen LogP contribution in [0.5, 0.6) is 0 Å². The summed E-state index contributed by atoms with van der Waals surface area (Å²) >= 11 is 3.35. The van der Waals surface area contributed by atoms with E-state index in [1.807, 2.05) is 24.3 Å². The van der Waals surface area contributed by atoms with Gasteiger partial charge in [-0.3, -0.25) is 19.3 Å². The van der Waals surface area contributed by atoms with Gasteiger partial charge in [-0.1, -0.05) is 40.2 Å². The maximum absolute atomic E-state index is 13.5. The van der Waals surface area contributed by atoms with Gasteiger partial charge in [0.2, 0.25) is 17.7 Å². The number of amides is 3. The minimum Gasteiger partial charge on any atom is -0.326 e. The van der Waals surface area contributed by atoms with Crippen LogP contribution in [0.25, 0.3) is 0 Å². The standard InChI is InChI=1S/C24H20BrFN2O3/c25-16-5-9-18(10-6-16)27-20(29)12-19(13-3-7-17(26)8-4-13)28-23(30)21-14-1-2-15(11-14)22(21)24(28)31/h1-10,14-15,19,21-22H,11-12H2,(H,27,29). The number of hydrogen-bond donors (Lipinski definition) is 1. The molecular formula is C24H20BrFN2O3. The Morgan fingerprint density at radius 3 is 2.16 bits per heavy atom. The molecule has 2 aromatic rings. The van der Waals surface area contributed by atoms with E-state index in [-0.39, 0.29) is 47.8 Å². The number of nitrogens with one attached hydrogen (secondary N) is 1. The second-order valence-electron chi connectivity index (χ2n) is 8.37. The van der Waals surface area contributed by atoms with Crippen LogP contribution in [0.1, 0.15) is 24.4 Å². The number of anilines is 1. The molecule has 1 saturated carbocycles. The van der Waals surface area contributed by atoms with E-state index in [2.05, 4.69) is 21.2 Å². The van der Waals surface area contributed by atoms with Crippen molar-refractivity contribution in [2.45, 2.75) is 18.9 Å². The van der Waals surface area contributed by atoms with Crippen molar-refractivity contribution < 1.29 is 18.8 Å². The van der Waals surface area contributed by atoms with Crippen molar-refractivity contribution in [3.8, 4) is 0 Å². The summed E-state index contributed by atoms with van der Waals surface area (Å²) in [7, 11) is 0. The van der Waals surface area contributed by atoms with Crippen molar-refractivity contribution in [1.29, 1.82) is 0 Å². The fourth-order valence-electron chi connectivity index (χ4n) is 5.20. The first-order chi connectivity index (χ1) is 14.9. The first-order valence-corrected chi connectivity index (χ1v) is 11.1. The number of halogens is 2. The monoisotopic (exact) mass is 482 g/mol. The average Bonchev–Trinajstić information content (AvgIpc) is 3.43. The maximum Gasteiger partial charge on any atom is 0.234 e. The van der Waals surface area contributed by atoms with E-state index in [0.717, 1.165) is 10.9 Å². The molecule has 2 bridgehead atoms. The Hall–Kier alpha value is -2.80. The third kappa shape index (κ3) is 3.51. The summed E-state index contributed by atoms with van der Waals surface area (Å²) in [5.41, 5.74) is 1.18. The number of carbonyl (C=O) groups is 3. The quantitative estimate of drug-likeness (QED) is 0.505. The van der Waals surface area contributed by atoms with Gasteiger partial charge in [-0.25, -0.2) is 4.39 Å². The lowest BCUT2D eigenvalue weighted by Crippen LogP contribution is -2.38. The summed E-state index contributed by atoms with van der Waals surface area (Å²) < 4.78 is 14.4. The Bertz CT molecular complexity index is 1050. The van der Waals surface area contributed by atoms with Crippen LogP contribution in [0.4, 0.5) is 10.1 Å². The van der Waals surface area contributed by atoms with E-state index in [1.165, 1.54) is 29.2 Å². The van der Waals surface area contributed by atoms with Gasteiger partial charge in [-0.15, -0.1) is 0 Å². The summed E-state index contributed by atoms with van der Waals surface area (Å²) in [6, 6.07) is 12.0. The van der Waals surface area contributed by atoms with Crippen LogP contribution in [-0.2, 0) is 14.4 Å². The zero-order chi connectivity index (χ0) is 21.7. The molecule has 1 N–H and O–H groups in total. The maximum atomic E-state index is 13.5. The molecule has 0 aromatic heterocycles. The second-order valence-corrected chi connectivity index (χ2v) is 9.29. The molecular weight excluding hydrogens is 463 g/mol. The molecule has 158 valence electrons. The largest absolute Gasteiger partial charge is 0.326 e. The van der Waals surface area contributed by atoms with Crippen molar-refractivity contribution in [3.63, 3.8) is 0 Å². The van der Waals surface area contributed by atoms with Crippen molar-refractivity contribution in [2.75, 3.05) is 5.32 Å². The summed E-state index contributed by atoms with van der Waals surface area (Å²) in [4.78, 5) is 40.7. The van der Waals surface area contributed by atoms with E-state index in [9.17, 15) is 18.8 Å². The Labute approximate surface area is 187 Å². The zero-order valence-corrected chi connectivity index (χ0v) is 18.1. The van der Waals surface area contributed by atoms with Crippen molar-refractivity contribution >= 4 is 39.3 Å². The minimum atomic E-state index is -0.777. The topological polar surface area (TPSA) is 66.5 Å². The summed E-state index contributed by atoms with van der Waals surface area (Å²) in [6.07, 6.45) is 4.81. The molecule has 5 atom stereocenters. The van der Waals surface area contributed by atoms with Gasteiger partial charge in [-0.2, -0.15) is 0 Å². The van der Waals surface area contributed by atoms with Gasteiger partial charge in [0.15, 0.2) is 0 Å². The summed E-state index contributed by atoms with van der Waals surface area (Å²) in [5.74, 6) is -1.71. The number of fused-ring (bicyclic) bond motifs is 5. The number of allylic oxidation sites excluding steroid dienone is 2. The molecule has 2 aliphatic carbocycles. The predicted octanol–water partition coefficient (Wildman–Crippen LogP) is 4.47. The van der Waals surface area contributed by atoms with Crippen LogP contribution in [-0.4, -0.2) is 22.6 Å². The highest BCUT2D eigenvalue weighted by Gasteiger charge is 2.60. The van der Waals surface area contributed by atoms with E-state index in [0.29, 0.717) is 11.3 Å². The fourth-order valence-corrected chi connectivity index (χ4v) is 5.46. The smallest absolute Gasteiger partial charge is 0.234 e. The van der Waals surface area contributed by atoms with Crippen molar-refractivity contribution in [2.24, 2.45) is 23.7 Å². The van der Waals surface area contributed by atoms with Crippen LogP contribution < -0.4 is 5.32 Å². The van der Waals surface area contributed by atoms with Gasteiger partial charge in [0.25, 0.3) is 0 Å². The first kappa shape index (κ1) is 20.1. The highest BCUT2D eigenvalue weighted by Crippen LogP contribution is 2.54. The van der Waals surface area contributed by atoms with Crippen LogP contribution in [0, 0.1) is 29.5 Å². The first-order valence-electron chi connectivity index (χ1n) is 10.3. The molecule has 31 heavy (non-hydrogen) atoms. The molecule has 3 amide bonds. The Morgan fingerprint density at radius 1 is 1.00 bits per heavy atom. The molecule has 1 saturated heterocycles. The number of likely N-dealkylation sites (tertiary alicyclic amines) is 1. The van der Waals surface area contributed by atoms with Crippen molar-refractivity contribution in [1.82, 2.24) is 4.90 Å². The molecule has 2 aromatic carbocycles. The SMILES string of the molecule is O=C(CC(c1ccc(F)cc1)N1C(=O)C2C3C=CC(C3)C2C1=O)Nc1ccc(Br)cc1. The van der Waals surface area contributed by atoms with Crippen LogP contribution in [0.3, 0.4) is 0 Å². The van der Waals surface area contributed by atoms with Crippen molar-refractivity contribution in [3.05, 3.63) is 76.5 Å². The molecule has 5 unspecified atom stereocenters. The normalized spacial score (nSPS) is 27.0. The van der Waals surface area contributed by atoms with Gasteiger partial charge in [0.1, 0.15) is 5.82 Å². The third-order valence-electron chi connectivity index (χ3n) is 6.58. The Morgan fingerprint density at radius 2 is 1.58 bits per heavy atom. The predicted molar refractivity (Wildman–Crippen MR) is 116 cm³/mol. The Balaban J connectivity index is 1.43. The molecule has 3 aliphatic rings. The van der Waals surface area contributed by atoms with E-state index in [1.54, 1.807) is 12.1 Å². The molecule has 0 radical (unpaired) electrons. The van der Waals surface area contributed by atoms with Gasteiger partial charge in [0.05, 0.1) is 24.3 Å². The highest BCUT2D eigenvalue weighted by atomic mass is 79.9.